The van der Waals surface area contributed by atoms with Crippen LogP contribution in [0.25, 0.3) is 0 Å². The second kappa shape index (κ2) is 7.97. The van der Waals surface area contributed by atoms with Crippen molar-refractivity contribution in [3.05, 3.63) is 53.8 Å². The van der Waals surface area contributed by atoms with Crippen molar-refractivity contribution >= 4 is 0 Å². The number of hydrogen-bond donors (Lipinski definition) is 2. The highest BCUT2D eigenvalue weighted by atomic mass is 19.1. The van der Waals surface area contributed by atoms with Crippen LogP contribution in [0.2, 0.25) is 0 Å². The molecule has 0 spiro atoms. The Balaban J connectivity index is 1.32. The summed E-state index contributed by atoms with van der Waals surface area (Å²) in [4.78, 5) is 2.28. The zero-order valence-corrected chi connectivity index (χ0v) is 15.9. The van der Waals surface area contributed by atoms with E-state index in [9.17, 15) is 14.6 Å². The molecule has 2 N–H and O–H groups in total. The second-order valence-corrected chi connectivity index (χ2v) is 7.83. The fraction of sp³-hybridized carbons (Fsp3) is 0.455. The molecule has 2 aliphatic rings. The normalized spacial score (nSPS) is 25.5. The van der Waals surface area contributed by atoms with Gasteiger partial charge in [0, 0.05) is 19.6 Å². The fourth-order valence-electron chi connectivity index (χ4n) is 4.56. The van der Waals surface area contributed by atoms with Gasteiger partial charge in [-0.1, -0.05) is 18.2 Å². The number of nitrogens with zero attached hydrogens (tertiary/aromatic N) is 1. The molecule has 2 fully saturated rings. The summed E-state index contributed by atoms with van der Waals surface area (Å²) in [6, 6.07) is 11.4. The number of rotatable bonds is 6. The number of fused-ring (bicyclic) bond motifs is 1. The molecule has 0 radical (unpaired) electrons. The van der Waals surface area contributed by atoms with Crippen molar-refractivity contribution in [1.29, 1.82) is 0 Å². The van der Waals surface area contributed by atoms with Crippen LogP contribution in [0.3, 0.4) is 0 Å². The average molecular weight is 387 g/mol. The number of phenolic OH excluding ortho intramolecular Hbond substituents is 1. The topological polar surface area (TPSA) is 62.2 Å². The highest BCUT2D eigenvalue weighted by Gasteiger charge is 2.42. The predicted molar refractivity (Wildman–Crippen MR) is 103 cm³/mol. The van der Waals surface area contributed by atoms with Crippen LogP contribution < -0.4 is 9.47 Å². The van der Waals surface area contributed by atoms with Gasteiger partial charge < -0.3 is 19.7 Å². The van der Waals surface area contributed by atoms with Crippen LogP contribution in [0.5, 0.6) is 17.2 Å². The van der Waals surface area contributed by atoms with Crippen molar-refractivity contribution in [2.24, 2.45) is 11.8 Å². The van der Waals surface area contributed by atoms with Gasteiger partial charge in [0.2, 0.25) is 0 Å². The van der Waals surface area contributed by atoms with Gasteiger partial charge in [-0.15, -0.1) is 0 Å². The number of methoxy groups -OCH3 is 1. The molecule has 1 heterocycles. The highest BCUT2D eigenvalue weighted by molar-refractivity contribution is 5.41. The van der Waals surface area contributed by atoms with E-state index in [-0.39, 0.29) is 17.6 Å². The summed E-state index contributed by atoms with van der Waals surface area (Å²) in [7, 11) is 1.52. The number of aromatic hydroxyl groups is 1. The number of ether oxygens (including phenoxy) is 2. The minimum absolute atomic E-state index is 0.00929. The van der Waals surface area contributed by atoms with Crippen molar-refractivity contribution in [2.75, 3.05) is 26.7 Å². The third kappa shape index (κ3) is 3.93. The first-order valence-corrected chi connectivity index (χ1v) is 9.72. The van der Waals surface area contributed by atoms with Gasteiger partial charge in [-0.25, -0.2) is 4.39 Å². The standard InChI is InChI=1S/C22H26FNO4/c1-27-21-4-2-3-19(23)22(21)28-18-9-15-11-24(12-16(15)10-18)13-20(26)14-5-7-17(25)8-6-14/h2-8,15-16,18,20,25-26H,9-13H2,1H3/t15-,16+,18?,20-/m1/s1. The van der Waals surface area contributed by atoms with E-state index in [1.165, 1.54) is 13.2 Å². The van der Waals surface area contributed by atoms with Crippen molar-refractivity contribution in [2.45, 2.75) is 25.0 Å². The Kier molecular flexibility index (Phi) is 5.42. The first kappa shape index (κ1) is 19.0. The quantitative estimate of drug-likeness (QED) is 0.796. The molecular weight excluding hydrogens is 361 g/mol. The number of aliphatic hydroxyl groups is 1. The molecule has 5 nitrogen and oxygen atoms in total. The summed E-state index contributed by atoms with van der Waals surface area (Å²) >= 11 is 0. The van der Waals surface area contributed by atoms with E-state index < -0.39 is 11.9 Å². The number of phenols is 1. The van der Waals surface area contributed by atoms with E-state index in [0.717, 1.165) is 31.5 Å². The molecule has 1 aliphatic heterocycles. The molecule has 2 aromatic carbocycles. The molecule has 0 amide bonds. The Morgan fingerprint density at radius 3 is 2.43 bits per heavy atom. The highest BCUT2D eigenvalue weighted by Crippen LogP contribution is 2.42. The molecule has 1 aliphatic carbocycles. The third-order valence-electron chi connectivity index (χ3n) is 5.93. The molecule has 1 saturated carbocycles. The second-order valence-electron chi connectivity index (χ2n) is 7.83. The summed E-state index contributed by atoms with van der Waals surface area (Å²) < 4.78 is 25.3. The van der Waals surface area contributed by atoms with Crippen molar-refractivity contribution in [3.63, 3.8) is 0 Å². The van der Waals surface area contributed by atoms with Gasteiger partial charge in [0.05, 0.1) is 19.3 Å². The number of likely N-dealkylation sites (tertiary alicyclic amines) is 1. The minimum Gasteiger partial charge on any atom is -0.508 e. The molecular formula is C22H26FNO4. The summed E-state index contributed by atoms with van der Waals surface area (Å²) in [6.45, 7) is 2.40. The maximum absolute atomic E-state index is 14.1. The molecule has 150 valence electrons. The van der Waals surface area contributed by atoms with Crippen molar-refractivity contribution < 1.29 is 24.1 Å². The third-order valence-corrected chi connectivity index (χ3v) is 5.93. The lowest BCUT2D eigenvalue weighted by Crippen LogP contribution is -2.29. The first-order chi connectivity index (χ1) is 13.5. The molecule has 0 aromatic heterocycles. The number of para-hydroxylation sites is 1. The maximum atomic E-state index is 14.1. The number of aliphatic hydroxyl groups excluding tert-OH is 1. The number of benzene rings is 2. The molecule has 1 saturated heterocycles. The lowest BCUT2D eigenvalue weighted by molar-refractivity contribution is 0.115. The maximum Gasteiger partial charge on any atom is 0.197 e. The summed E-state index contributed by atoms with van der Waals surface area (Å²) in [5, 5.41) is 19.8. The number of hydrogen-bond acceptors (Lipinski definition) is 5. The molecule has 1 unspecified atom stereocenters. The van der Waals surface area contributed by atoms with E-state index in [1.54, 1.807) is 36.4 Å². The van der Waals surface area contributed by atoms with Gasteiger partial charge in [-0.2, -0.15) is 0 Å². The monoisotopic (exact) mass is 387 g/mol. The van der Waals surface area contributed by atoms with E-state index in [0.29, 0.717) is 24.1 Å². The van der Waals surface area contributed by atoms with Gasteiger partial charge >= 0.3 is 0 Å². The van der Waals surface area contributed by atoms with E-state index in [1.807, 2.05) is 0 Å². The van der Waals surface area contributed by atoms with Gasteiger partial charge in [0.25, 0.3) is 0 Å². The van der Waals surface area contributed by atoms with Gasteiger partial charge in [-0.05, 0) is 54.5 Å². The number of halogens is 1. The average Bonchev–Trinajstić information content (AvgIpc) is 3.21. The molecule has 28 heavy (non-hydrogen) atoms. The smallest absolute Gasteiger partial charge is 0.197 e. The Morgan fingerprint density at radius 1 is 1.11 bits per heavy atom. The Labute approximate surface area is 164 Å². The Bertz CT molecular complexity index is 799. The van der Waals surface area contributed by atoms with Crippen molar-refractivity contribution in [3.8, 4) is 17.2 Å². The Hall–Kier alpha value is -2.31. The zero-order chi connectivity index (χ0) is 19.7. The van der Waals surface area contributed by atoms with Crippen LogP contribution in [0, 0.1) is 17.7 Å². The molecule has 2 aromatic rings. The lowest BCUT2D eigenvalue weighted by atomic mass is 10.0. The van der Waals surface area contributed by atoms with Crippen LogP contribution in [0.1, 0.15) is 24.5 Å². The zero-order valence-electron chi connectivity index (χ0n) is 15.9. The molecule has 6 heteroatoms. The summed E-state index contributed by atoms with van der Waals surface area (Å²) in [6.07, 6.45) is 1.18. The minimum atomic E-state index is -0.575. The van der Waals surface area contributed by atoms with Crippen LogP contribution >= 0.6 is 0 Å². The van der Waals surface area contributed by atoms with Gasteiger partial charge in [-0.3, -0.25) is 4.90 Å². The summed E-state index contributed by atoms with van der Waals surface area (Å²) in [5.74, 6) is 1.43. The largest absolute Gasteiger partial charge is 0.508 e. The first-order valence-electron chi connectivity index (χ1n) is 9.72. The molecule has 0 bridgehead atoms. The SMILES string of the molecule is COc1cccc(F)c1OC1C[C@@H]2CN(C[C@@H](O)c3ccc(O)cc3)C[C@@H]2C1. The van der Waals surface area contributed by atoms with Crippen LogP contribution in [-0.2, 0) is 0 Å². The van der Waals surface area contributed by atoms with Crippen molar-refractivity contribution in [1.82, 2.24) is 4.90 Å². The van der Waals surface area contributed by atoms with Gasteiger partial charge in [0.1, 0.15) is 5.75 Å². The molecule has 4 rings (SSSR count). The van der Waals surface area contributed by atoms with E-state index in [2.05, 4.69) is 4.90 Å². The van der Waals surface area contributed by atoms with E-state index >= 15 is 0 Å². The lowest BCUT2D eigenvalue weighted by Gasteiger charge is -2.23. The van der Waals surface area contributed by atoms with Crippen LogP contribution in [-0.4, -0.2) is 48.0 Å². The number of β-amino-alcohol motifs (C(OH)–C–C–N with tert-alkyl or cyclic N) is 1. The Morgan fingerprint density at radius 2 is 1.79 bits per heavy atom. The van der Waals surface area contributed by atoms with Crippen LogP contribution in [0.4, 0.5) is 4.39 Å². The predicted octanol–water partition coefficient (Wildman–Crippen LogP) is 3.36. The van der Waals surface area contributed by atoms with Gasteiger partial charge in [0.15, 0.2) is 17.3 Å². The molecule has 4 atom stereocenters. The van der Waals surface area contributed by atoms with E-state index in [4.69, 9.17) is 9.47 Å². The van der Waals surface area contributed by atoms with Crippen LogP contribution in [0.15, 0.2) is 42.5 Å². The fourth-order valence-corrected chi connectivity index (χ4v) is 4.56. The summed E-state index contributed by atoms with van der Waals surface area (Å²) in [5.41, 5.74) is 0.808.